The number of hydrogen-bond acceptors (Lipinski definition) is 5. The lowest BCUT2D eigenvalue weighted by Crippen LogP contribution is -2.36. The van der Waals surface area contributed by atoms with Crippen molar-refractivity contribution in [2.24, 2.45) is 0 Å². The first-order valence-corrected chi connectivity index (χ1v) is 9.87. The van der Waals surface area contributed by atoms with Crippen molar-refractivity contribution in [3.8, 4) is 0 Å². The van der Waals surface area contributed by atoms with Crippen molar-refractivity contribution < 1.29 is 14.0 Å². The summed E-state index contributed by atoms with van der Waals surface area (Å²) in [7, 11) is 1.61. The van der Waals surface area contributed by atoms with Crippen LogP contribution in [-0.2, 0) is 24.4 Å². The summed E-state index contributed by atoms with van der Waals surface area (Å²) >= 11 is 1.62. The summed E-state index contributed by atoms with van der Waals surface area (Å²) < 4.78 is 5.44. The van der Waals surface area contributed by atoms with Crippen molar-refractivity contribution in [3.05, 3.63) is 81.9 Å². The highest BCUT2D eigenvalue weighted by atomic mass is 32.1. The Balaban J connectivity index is 1.62. The fraction of sp³-hybridized carbons (Fsp3) is 0.238. The van der Waals surface area contributed by atoms with E-state index in [9.17, 15) is 9.59 Å². The quantitative estimate of drug-likeness (QED) is 0.582. The molecule has 2 N–H and O–H groups in total. The monoisotopic (exact) mass is 397 g/mol. The van der Waals surface area contributed by atoms with E-state index in [-0.39, 0.29) is 18.4 Å². The number of nitrogens with one attached hydrogen (secondary N) is 2. The van der Waals surface area contributed by atoms with Gasteiger partial charge in [0.05, 0.1) is 25.9 Å². The smallest absolute Gasteiger partial charge is 0.251 e. The van der Waals surface area contributed by atoms with E-state index in [1.54, 1.807) is 36.8 Å². The van der Waals surface area contributed by atoms with Crippen molar-refractivity contribution in [1.29, 1.82) is 0 Å². The van der Waals surface area contributed by atoms with Crippen molar-refractivity contribution in [2.75, 3.05) is 13.6 Å². The predicted octanol–water partition coefficient (Wildman–Crippen LogP) is 3.02. The second-order valence-corrected chi connectivity index (χ2v) is 7.39. The van der Waals surface area contributed by atoms with Gasteiger partial charge < -0.3 is 15.1 Å². The van der Waals surface area contributed by atoms with Crippen LogP contribution in [0.4, 0.5) is 0 Å². The van der Waals surface area contributed by atoms with E-state index in [1.807, 2.05) is 46.7 Å². The number of thiophene rings is 1. The lowest BCUT2D eigenvalue weighted by molar-refractivity contribution is -0.122. The molecule has 0 fully saturated rings. The summed E-state index contributed by atoms with van der Waals surface area (Å²) in [6.07, 6.45) is 1.63. The Hall–Kier alpha value is -2.90. The highest BCUT2D eigenvalue weighted by Gasteiger charge is 2.14. The fourth-order valence-electron chi connectivity index (χ4n) is 2.81. The Kier molecular flexibility index (Phi) is 7.00. The summed E-state index contributed by atoms with van der Waals surface area (Å²) in [6, 6.07) is 15.1. The predicted molar refractivity (Wildman–Crippen MR) is 109 cm³/mol. The van der Waals surface area contributed by atoms with Crippen molar-refractivity contribution in [1.82, 2.24) is 15.5 Å². The normalized spacial score (nSPS) is 10.8. The number of nitrogens with zero attached hydrogens (tertiary/aromatic N) is 1. The van der Waals surface area contributed by atoms with Crippen LogP contribution in [0.1, 0.15) is 26.6 Å². The molecule has 3 aromatic rings. The average Bonchev–Trinajstić information content (AvgIpc) is 3.40. The van der Waals surface area contributed by atoms with E-state index in [1.165, 1.54) is 0 Å². The minimum absolute atomic E-state index is 0.0399. The molecule has 0 atom stereocenters. The second-order valence-electron chi connectivity index (χ2n) is 6.36. The highest BCUT2D eigenvalue weighted by molar-refractivity contribution is 7.09. The Morgan fingerprint density at radius 3 is 2.54 bits per heavy atom. The number of hydrogen-bond donors (Lipinski definition) is 2. The molecule has 0 unspecified atom stereocenters. The third-order valence-electron chi connectivity index (χ3n) is 4.22. The second kappa shape index (κ2) is 9.87. The van der Waals surface area contributed by atoms with Crippen molar-refractivity contribution in [3.63, 3.8) is 0 Å². The number of amides is 2. The Morgan fingerprint density at radius 2 is 1.89 bits per heavy atom. The van der Waals surface area contributed by atoms with Crippen LogP contribution in [-0.4, -0.2) is 30.3 Å². The lowest BCUT2D eigenvalue weighted by Gasteiger charge is -2.21. The molecule has 7 heteroatoms. The molecule has 28 heavy (non-hydrogen) atoms. The zero-order valence-corrected chi connectivity index (χ0v) is 16.5. The summed E-state index contributed by atoms with van der Waals surface area (Å²) in [5, 5.41) is 7.56. The topological polar surface area (TPSA) is 74.6 Å². The van der Waals surface area contributed by atoms with Gasteiger partial charge in [0.15, 0.2) is 0 Å². The molecule has 2 aromatic heterocycles. The van der Waals surface area contributed by atoms with Gasteiger partial charge in [-0.15, -0.1) is 11.3 Å². The first kappa shape index (κ1) is 19.9. The fourth-order valence-corrected chi connectivity index (χ4v) is 3.46. The standard InChI is InChI=1S/C21H23N3O3S/c1-22-21(26)17-8-6-16(7-9-17)13-24(14-18-4-2-10-27-18)15-20(25)23-12-19-5-3-11-28-19/h2-11H,12-15H2,1H3,(H,22,26)(H,23,25). The van der Waals surface area contributed by atoms with E-state index in [0.717, 1.165) is 16.2 Å². The van der Waals surface area contributed by atoms with Crippen LogP contribution in [0.25, 0.3) is 0 Å². The molecule has 0 radical (unpaired) electrons. The van der Waals surface area contributed by atoms with Crippen LogP contribution < -0.4 is 10.6 Å². The Morgan fingerprint density at radius 1 is 1.07 bits per heavy atom. The number of benzene rings is 1. The first-order chi connectivity index (χ1) is 13.6. The molecular formula is C21H23N3O3S. The average molecular weight is 398 g/mol. The SMILES string of the molecule is CNC(=O)c1ccc(CN(CC(=O)NCc2cccs2)Cc2ccco2)cc1. The molecule has 0 bridgehead atoms. The van der Waals surface area contributed by atoms with Gasteiger partial charge in [-0.2, -0.15) is 0 Å². The van der Waals surface area contributed by atoms with Crippen LogP contribution in [0, 0.1) is 0 Å². The van der Waals surface area contributed by atoms with Gasteiger partial charge in [0.2, 0.25) is 5.91 Å². The maximum absolute atomic E-state index is 12.4. The lowest BCUT2D eigenvalue weighted by atomic mass is 10.1. The summed E-state index contributed by atoms with van der Waals surface area (Å²) in [6.45, 7) is 1.88. The van der Waals surface area contributed by atoms with E-state index >= 15 is 0 Å². The maximum atomic E-state index is 12.4. The van der Waals surface area contributed by atoms with Gasteiger partial charge in [-0.1, -0.05) is 18.2 Å². The molecule has 3 rings (SSSR count). The van der Waals surface area contributed by atoms with Gasteiger partial charge in [0, 0.05) is 24.0 Å². The molecule has 1 aromatic carbocycles. The largest absolute Gasteiger partial charge is 0.468 e. The number of carbonyl (C=O) groups is 2. The zero-order valence-electron chi connectivity index (χ0n) is 15.7. The van der Waals surface area contributed by atoms with Crippen LogP contribution in [0.2, 0.25) is 0 Å². The molecule has 2 amide bonds. The van der Waals surface area contributed by atoms with E-state index < -0.39 is 0 Å². The first-order valence-electron chi connectivity index (χ1n) is 8.99. The third-order valence-corrected chi connectivity index (χ3v) is 5.09. The summed E-state index contributed by atoms with van der Waals surface area (Å²) in [4.78, 5) is 27.2. The number of rotatable bonds is 9. The molecular weight excluding hydrogens is 374 g/mol. The summed E-state index contributed by atoms with van der Waals surface area (Å²) in [5.41, 5.74) is 1.63. The molecule has 146 valence electrons. The Labute approximate surface area is 168 Å². The van der Waals surface area contributed by atoms with Gasteiger partial charge >= 0.3 is 0 Å². The van der Waals surface area contributed by atoms with Gasteiger partial charge in [-0.25, -0.2) is 0 Å². The Bertz CT molecular complexity index is 874. The van der Waals surface area contributed by atoms with E-state index in [2.05, 4.69) is 10.6 Å². The van der Waals surface area contributed by atoms with Gasteiger partial charge in [-0.3, -0.25) is 14.5 Å². The minimum Gasteiger partial charge on any atom is -0.468 e. The van der Waals surface area contributed by atoms with E-state index in [4.69, 9.17) is 4.42 Å². The summed E-state index contributed by atoms with van der Waals surface area (Å²) in [5.74, 6) is 0.641. The van der Waals surface area contributed by atoms with Crippen molar-refractivity contribution in [2.45, 2.75) is 19.6 Å². The molecule has 2 heterocycles. The molecule has 0 saturated heterocycles. The van der Waals surface area contributed by atoms with Crippen LogP contribution >= 0.6 is 11.3 Å². The maximum Gasteiger partial charge on any atom is 0.251 e. The van der Waals surface area contributed by atoms with Crippen LogP contribution in [0.5, 0.6) is 0 Å². The van der Waals surface area contributed by atoms with Gasteiger partial charge in [-0.05, 0) is 41.3 Å². The van der Waals surface area contributed by atoms with Crippen molar-refractivity contribution >= 4 is 23.2 Å². The van der Waals surface area contributed by atoms with Gasteiger partial charge in [0.25, 0.3) is 5.91 Å². The zero-order chi connectivity index (χ0) is 19.8. The molecule has 0 aliphatic carbocycles. The molecule has 6 nitrogen and oxygen atoms in total. The highest BCUT2D eigenvalue weighted by Crippen LogP contribution is 2.12. The molecule has 0 aliphatic heterocycles. The third kappa shape index (κ3) is 5.80. The molecule has 0 saturated carbocycles. The van der Waals surface area contributed by atoms with Gasteiger partial charge in [0.1, 0.15) is 5.76 Å². The minimum atomic E-state index is -0.119. The number of carbonyl (C=O) groups excluding carboxylic acids is 2. The molecule has 0 aliphatic rings. The van der Waals surface area contributed by atoms with E-state index in [0.29, 0.717) is 25.2 Å². The van der Waals surface area contributed by atoms with Crippen LogP contribution in [0.3, 0.4) is 0 Å². The van der Waals surface area contributed by atoms with Crippen LogP contribution in [0.15, 0.2) is 64.6 Å². The molecule has 0 spiro atoms. The number of furan rings is 1.